The first kappa shape index (κ1) is 21.3. The van der Waals surface area contributed by atoms with Crippen molar-refractivity contribution in [1.82, 2.24) is 4.31 Å². The van der Waals surface area contributed by atoms with Crippen LogP contribution < -0.4 is 5.32 Å². The lowest BCUT2D eigenvalue weighted by Gasteiger charge is -2.14. The average Bonchev–Trinajstić information content (AvgIpc) is 2.62. The van der Waals surface area contributed by atoms with Gasteiger partial charge in [-0.05, 0) is 36.8 Å². The lowest BCUT2D eigenvalue weighted by atomic mass is 10.2. The highest BCUT2D eigenvalue weighted by molar-refractivity contribution is 7.99. The second-order valence-electron chi connectivity index (χ2n) is 5.97. The molecule has 1 atom stereocenters. The fourth-order valence-corrected chi connectivity index (χ4v) is 3.95. The van der Waals surface area contributed by atoms with Gasteiger partial charge in [-0.25, -0.2) is 21.5 Å². The summed E-state index contributed by atoms with van der Waals surface area (Å²) in [5.41, 5.74) is 0.244. The molecule has 1 N–H and O–H groups in total. The SMILES string of the molecule is C[C@H](SCc1cccc(S(=O)(=O)N(C)C)c1)C(=O)Nc1c(F)cccc1F. The van der Waals surface area contributed by atoms with Crippen molar-refractivity contribution in [2.45, 2.75) is 22.8 Å². The maximum atomic E-state index is 13.6. The second-order valence-corrected chi connectivity index (χ2v) is 9.45. The van der Waals surface area contributed by atoms with Crippen LogP contribution in [0.2, 0.25) is 0 Å². The van der Waals surface area contributed by atoms with Gasteiger partial charge in [-0.1, -0.05) is 18.2 Å². The summed E-state index contributed by atoms with van der Waals surface area (Å²) in [4.78, 5) is 12.3. The van der Waals surface area contributed by atoms with Crippen LogP contribution in [0.4, 0.5) is 14.5 Å². The number of nitrogens with zero attached hydrogens (tertiary/aromatic N) is 1. The van der Waals surface area contributed by atoms with E-state index in [0.717, 1.165) is 22.0 Å². The molecule has 0 aromatic heterocycles. The standard InChI is InChI=1S/C18H20F2N2O3S2/c1-12(18(23)21-17-15(19)8-5-9-16(17)20)26-11-13-6-4-7-14(10-13)27(24,25)22(2)3/h4-10,12H,11H2,1-3H3,(H,21,23)/t12-/m0/s1. The first-order valence-electron chi connectivity index (χ1n) is 8.01. The van der Waals surface area contributed by atoms with Gasteiger partial charge in [0.05, 0.1) is 10.1 Å². The zero-order valence-electron chi connectivity index (χ0n) is 15.1. The van der Waals surface area contributed by atoms with Gasteiger partial charge < -0.3 is 5.32 Å². The van der Waals surface area contributed by atoms with Crippen LogP contribution in [0, 0.1) is 11.6 Å². The van der Waals surface area contributed by atoms with Crippen molar-refractivity contribution in [3.8, 4) is 0 Å². The van der Waals surface area contributed by atoms with Gasteiger partial charge in [-0.3, -0.25) is 4.79 Å². The second kappa shape index (κ2) is 8.81. The summed E-state index contributed by atoms with van der Waals surface area (Å²) >= 11 is 1.23. The lowest BCUT2D eigenvalue weighted by Crippen LogP contribution is -2.24. The molecule has 27 heavy (non-hydrogen) atoms. The molecule has 2 aromatic carbocycles. The largest absolute Gasteiger partial charge is 0.320 e. The van der Waals surface area contributed by atoms with Gasteiger partial charge in [0, 0.05) is 19.8 Å². The lowest BCUT2D eigenvalue weighted by molar-refractivity contribution is -0.115. The van der Waals surface area contributed by atoms with E-state index in [9.17, 15) is 22.0 Å². The summed E-state index contributed by atoms with van der Waals surface area (Å²) in [5, 5.41) is 1.65. The number of benzene rings is 2. The molecule has 0 aliphatic carbocycles. The third-order valence-corrected chi connectivity index (χ3v) is 6.78. The smallest absolute Gasteiger partial charge is 0.242 e. The molecule has 0 aliphatic rings. The number of carbonyl (C=O) groups is 1. The predicted octanol–water partition coefficient (Wildman–Crippen LogP) is 3.48. The van der Waals surface area contributed by atoms with E-state index in [1.807, 2.05) is 0 Å². The molecule has 2 aromatic rings. The Kier molecular flexibility index (Phi) is 6.96. The van der Waals surface area contributed by atoms with E-state index in [1.54, 1.807) is 25.1 Å². The van der Waals surface area contributed by atoms with E-state index < -0.39 is 38.5 Å². The predicted molar refractivity (Wildman–Crippen MR) is 103 cm³/mol. The normalized spacial score (nSPS) is 12.8. The van der Waals surface area contributed by atoms with Crippen LogP contribution in [-0.2, 0) is 20.6 Å². The first-order chi connectivity index (χ1) is 12.6. The van der Waals surface area contributed by atoms with Crippen LogP contribution >= 0.6 is 11.8 Å². The van der Waals surface area contributed by atoms with Crippen LogP contribution in [-0.4, -0.2) is 38.0 Å². The fourth-order valence-electron chi connectivity index (χ4n) is 2.15. The Balaban J connectivity index is 2.03. The molecule has 0 spiro atoms. The third-order valence-electron chi connectivity index (χ3n) is 3.76. The number of rotatable bonds is 7. The van der Waals surface area contributed by atoms with Crippen molar-refractivity contribution in [2.75, 3.05) is 19.4 Å². The average molecular weight is 414 g/mol. The number of nitrogens with one attached hydrogen (secondary N) is 1. The molecule has 1 amide bonds. The molecule has 146 valence electrons. The number of sulfonamides is 1. The zero-order chi connectivity index (χ0) is 20.2. The summed E-state index contributed by atoms with van der Waals surface area (Å²) in [6, 6.07) is 9.77. The Morgan fingerprint density at radius 2 is 1.74 bits per heavy atom. The number of hydrogen-bond acceptors (Lipinski definition) is 4. The number of para-hydroxylation sites is 1. The van der Waals surface area contributed by atoms with Crippen molar-refractivity contribution in [2.24, 2.45) is 0 Å². The number of anilines is 1. The highest BCUT2D eigenvalue weighted by Crippen LogP contribution is 2.24. The minimum Gasteiger partial charge on any atom is -0.320 e. The number of hydrogen-bond donors (Lipinski definition) is 1. The van der Waals surface area contributed by atoms with E-state index >= 15 is 0 Å². The summed E-state index contributed by atoms with van der Waals surface area (Å²) in [6.07, 6.45) is 0. The van der Waals surface area contributed by atoms with E-state index in [0.29, 0.717) is 5.75 Å². The molecule has 5 nitrogen and oxygen atoms in total. The van der Waals surface area contributed by atoms with Gasteiger partial charge in [0.2, 0.25) is 15.9 Å². The molecule has 0 saturated heterocycles. The van der Waals surface area contributed by atoms with Gasteiger partial charge in [-0.2, -0.15) is 0 Å². The number of carbonyl (C=O) groups excluding carboxylic acids is 1. The van der Waals surface area contributed by atoms with Crippen LogP contribution in [0.15, 0.2) is 47.4 Å². The monoisotopic (exact) mass is 414 g/mol. The number of halogens is 2. The van der Waals surface area contributed by atoms with E-state index in [4.69, 9.17) is 0 Å². The van der Waals surface area contributed by atoms with E-state index in [2.05, 4.69) is 5.32 Å². The molecule has 0 saturated carbocycles. The van der Waals surface area contributed by atoms with Crippen molar-refractivity contribution in [1.29, 1.82) is 0 Å². The van der Waals surface area contributed by atoms with Crippen LogP contribution in [0.3, 0.4) is 0 Å². The summed E-state index contributed by atoms with van der Waals surface area (Å²) in [6.45, 7) is 1.61. The Morgan fingerprint density at radius 1 is 1.15 bits per heavy atom. The fraction of sp³-hybridized carbons (Fsp3) is 0.278. The first-order valence-corrected chi connectivity index (χ1v) is 10.5. The molecule has 2 rings (SSSR count). The Morgan fingerprint density at radius 3 is 2.33 bits per heavy atom. The van der Waals surface area contributed by atoms with Crippen molar-refractivity contribution >= 4 is 33.4 Å². The Labute approximate surface area is 161 Å². The number of thioether (sulfide) groups is 1. The van der Waals surface area contributed by atoms with Gasteiger partial charge in [-0.15, -0.1) is 11.8 Å². The van der Waals surface area contributed by atoms with Crippen molar-refractivity contribution < 1.29 is 22.0 Å². The van der Waals surface area contributed by atoms with Crippen LogP contribution in [0.25, 0.3) is 0 Å². The molecular formula is C18H20F2N2O3S2. The Bertz CT molecular complexity index is 914. The van der Waals surface area contributed by atoms with E-state index in [-0.39, 0.29) is 4.90 Å². The summed E-state index contributed by atoms with van der Waals surface area (Å²) in [5.74, 6) is -1.86. The van der Waals surface area contributed by atoms with Gasteiger partial charge in [0.15, 0.2) is 0 Å². The molecule has 0 aliphatic heterocycles. The maximum Gasteiger partial charge on any atom is 0.242 e. The molecule has 0 heterocycles. The molecule has 0 radical (unpaired) electrons. The number of amides is 1. The maximum absolute atomic E-state index is 13.6. The van der Waals surface area contributed by atoms with Crippen molar-refractivity contribution in [3.63, 3.8) is 0 Å². The topological polar surface area (TPSA) is 66.5 Å². The highest BCUT2D eigenvalue weighted by atomic mass is 32.2. The van der Waals surface area contributed by atoms with Crippen LogP contribution in [0.1, 0.15) is 12.5 Å². The van der Waals surface area contributed by atoms with Gasteiger partial charge in [0.25, 0.3) is 0 Å². The zero-order valence-corrected chi connectivity index (χ0v) is 16.7. The summed E-state index contributed by atoms with van der Waals surface area (Å²) in [7, 11) is -0.644. The minimum absolute atomic E-state index is 0.163. The van der Waals surface area contributed by atoms with Gasteiger partial charge in [0.1, 0.15) is 17.3 Å². The molecule has 0 fully saturated rings. The molecule has 0 unspecified atom stereocenters. The Hall–Kier alpha value is -1.97. The highest BCUT2D eigenvalue weighted by Gasteiger charge is 2.19. The van der Waals surface area contributed by atoms with Crippen molar-refractivity contribution in [3.05, 3.63) is 59.7 Å². The summed E-state index contributed by atoms with van der Waals surface area (Å²) < 4.78 is 52.7. The minimum atomic E-state index is -3.54. The molecule has 9 heteroatoms. The third kappa shape index (κ3) is 5.27. The van der Waals surface area contributed by atoms with E-state index in [1.165, 1.54) is 38.0 Å². The molecular weight excluding hydrogens is 394 g/mol. The van der Waals surface area contributed by atoms with Gasteiger partial charge >= 0.3 is 0 Å². The molecule has 0 bridgehead atoms. The quantitative estimate of drug-likeness (QED) is 0.753. The van der Waals surface area contributed by atoms with Crippen LogP contribution in [0.5, 0.6) is 0 Å².